The highest BCUT2D eigenvalue weighted by molar-refractivity contribution is 5.97. The lowest BCUT2D eigenvalue weighted by atomic mass is 9.88. The Hall–Kier alpha value is -2.40. The number of carbonyl (C=O) groups is 1. The van der Waals surface area contributed by atoms with Crippen LogP contribution in [0.4, 0.5) is 4.39 Å². The fourth-order valence-electron chi connectivity index (χ4n) is 3.72. The first-order valence-electron chi connectivity index (χ1n) is 9.44. The van der Waals surface area contributed by atoms with Crippen LogP contribution in [-0.2, 0) is 6.42 Å². The van der Waals surface area contributed by atoms with E-state index in [2.05, 4.69) is 12.1 Å². The Morgan fingerprint density at radius 2 is 1.89 bits per heavy atom. The molecule has 0 saturated carbocycles. The molecule has 3 rings (SSSR count). The highest BCUT2D eigenvalue weighted by atomic mass is 19.1. The molecule has 1 N–H and O–H groups in total. The molecule has 1 unspecified atom stereocenters. The molecule has 0 aliphatic carbocycles. The summed E-state index contributed by atoms with van der Waals surface area (Å²) in [6, 6.07) is 14.5. The third kappa shape index (κ3) is 4.66. The van der Waals surface area contributed by atoms with Gasteiger partial charge in [0.05, 0.1) is 13.2 Å². The molecule has 144 valence electrons. The van der Waals surface area contributed by atoms with Crippen molar-refractivity contribution in [1.82, 2.24) is 4.90 Å². The number of piperidine rings is 1. The number of ether oxygens (including phenoxy) is 1. The number of amides is 1. The average molecular weight is 371 g/mol. The van der Waals surface area contributed by atoms with Crippen molar-refractivity contribution in [3.63, 3.8) is 0 Å². The van der Waals surface area contributed by atoms with Crippen molar-refractivity contribution in [3.8, 4) is 5.75 Å². The second kappa shape index (κ2) is 9.00. The number of likely N-dealkylation sites (tertiary alicyclic amines) is 1. The maximum atomic E-state index is 14.1. The molecule has 0 aromatic heterocycles. The summed E-state index contributed by atoms with van der Waals surface area (Å²) >= 11 is 0. The van der Waals surface area contributed by atoms with Crippen LogP contribution < -0.4 is 4.74 Å². The predicted molar refractivity (Wildman–Crippen MR) is 102 cm³/mol. The average Bonchev–Trinajstić information content (AvgIpc) is 2.72. The van der Waals surface area contributed by atoms with Crippen LogP contribution in [0.3, 0.4) is 0 Å². The van der Waals surface area contributed by atoms with E-state index in [0.29, 0.717) is 19.5 Å². The zero-order valence-corrected chi connectivity index (χ0v) is 15.6. The summed E-state index contributed by atoms with van der Waals surface area (Å²) in [6.45, 7) is 1.03. The SMILES string of the molecule is COc1cccc(F)c1C(=O)N1CCC(C(O)CCc2ccccc2)CC1. The van der Waals surface area contributed by atoms with Crippen molar-refractivity contribution < 1.29 is 19.0 Å². The van der Waals surface area contributed by atoms with Crippen molar-refractivity contribution in [2.24, 2.45) is 5.92 Å². The van der Waals surface area contributed by atoms with Gasteiger partial charge >= 0.3 is 0 Å². The number of hydrogen-bond acceptors (Lipinski definition) is 3. The standard InChI is InChI=1S/C22H26FNO3/c1-27-20-9-5-8-18(23)21(20)22(26)24-14-12-17(13-15-24)19(25)11-10-16-6-3-2-4-7-16/h2-9,17,19,25H,10-15H2,1H3. The van der Waals surface area contributed by atoms with Crippen LogP contribution in [0.25, 0.3) is 0 Å². The fourth-order valence-corrected chi connectivity index (χ4v) is 3.72. The Bertz CT molecular complexity index is 757. The highest BCUT2D eigenvalue weighted by Crippen LogP contribution is 2.28. The second-order valence-electron chi connectivity index (χ2n) is 7.04. The molecule has 1 amide bonds. The van der Waals surface area contributed by atoms with E-state index in [1.165, 1.54) is 24.8 Å². The maximum Gasteiger partial charge on any atom is 0.260 e. The van der Waals surface area contributed by atoms with Crippen molar-refractivity contribution >= 4 is 5.91 Å². The lowest BCUT2D eigenvalue weighted by Crippen LogP contribution is -2.41. The molecule has 1 aliphatic heterocycles. The summed E-state index contributed by atoms with van der Waals surface area (Å²) in [5.41, 5.74) is 1.21. The smallest absolute Gasteiger partial charge is 0.260 e. The minimum absolute atomic E-state index is 0.0110. The van der Waals surface area contributed by atoms with Crippen LogP contribution in [0, 0.1) is 11.7 Å². The van der Waals surface area contributed by atoms with Gasteiger partial charge < -0.3 is 14.7 Å². The Balaban J connectivity index is 1.55. The Kier molecular flexibility index (Phi) is 6.45. The minimum Gasteiger partial charge on any atom is -0.496 e. The number of rotatable bonds is 6. The van der Waals surface area contributed by atoms with Crippen LogP contribution in [0.2, 0.25) is 0 Å². The number of nitrogens with zero attached hydrogens (tertiary/aromatic N) is 1. The summed E-state index contributed by atoms with van der Waals surface area (Å²) in [5, 5.41) is 10.5. The van der Waals surface area contributed by atoms with E-state index in [1.54, 1.807) is 11.0 Å². The zero-order chi connectivity index (χ0) is 19.2. The van der Waals surface area contributed by atoms with Gasteiger partial charge in [0.25, 0.3) is 5.91 Å². The van der Waals surface area contributed by atoms with Crippen LogP contribution in [0.15, 0.2) is 48.5 Å². The van der Waals surface area contributed by atoms with E-state index in [9.17, 15) is 14.3 Å². The first-order chi connectivity index (χ1) is 13.1. The summed E-state index contributed by atoms with van der Waals surface area (Å²) in [6.07, 6.45) is 2.61. The van der Waals surface area contributed by atoms with Gasteiger partial charge in [-0.1, -0.05) is 36.4 Å². The Morgan fingerprint density at radius 3 is 2.56 bits per heavy atom. The van der Waals surface area contributed by atoms with Crippen molar-refractivity contribution in [2.75, 3.05) is 20.2 Å². The lowest BCUT2D eigenvalue weighted by Gasteiger charge is -2.34. The molecule has 2 aromatic rings. The van der Waals surface area contributed by atoms with E-state index in [-0.39, 0.29) is 29.2 Å². The first-order valence-corrected chi connectivity index (χ1v) is 9.44. The van der Waals surface area contributed by atoms with Gasteiger partial charge in [-0.3, -0.25) is 4.79 Å². The van der Waals surface area contributed by atoms with E-state index in [1.807, 2.05) is 18.2 Å². The van der Waals surface area contributed by atoms with Gasteiger partial charge in [-0.05, 0) is 49.3 Å². The van der Waals surface area contributed by atoms with Gasteiger partial charge in [0, 0.05) is 13.1 Å². The molecule has 4 nitrogen and oxygen atoms in total. The lowest BCUT2D eigenvalue weighted by molar-refractivity contribution is 0.0432. The van der Waals surface area contributed by atoms with Crippen LogP contribution in [0.5, 0.6) is 5.75 Å². The van der Waals surface area contributed by atoms with Gasteiger partial charge in [-0.25, -0.2) is 4.39 Å². The van der Waals surface area contributed by atoms with Crippen molar-refractivity contribution in [3.05, 3.63) is 65.5 Å². The largest absolute Gasteiger partial charge is 0.496 e. The molecule has 1 fully saturated rings. The van der Waals surface area contributed by atoms with Crippen LogP contribution >= 0.6 is 0 Å². The number of methoxy groups -OCH3 is 1. The number of aliphatic hydroxyl groups excluding tert-OH is 1. The molecular weight excluding hydrogens is 345 g/mol. The van der Waals surface area contributed by atoms with E-state index >= 15 is 0 Å². The summed E-state index contributed by atoms with van der Waals surface area (Å²) in [7, 11) is 1.43. The third-order valence-corrected chi connectivity index (χ3v) is 5.35. The van der Waals surface area contributed by atoms with Crippen molar-refractivity contribution in [1.29, 1.82) is 0 Å². The maximum absolute atomic E-state index is 14.1. The summed E-state index contributed by atoms with van der Waals surface area (Å²) in [5.74, 6) is -0.489. The van der Waals surface area contributed by atoms with Gasteiger partial charge in [-0.15, -0.1) is 0 Å². The monoisotopic (exact) mass is 371 g/mol. The fraction of sp³-hybridized carbons (Fsp3) is 0.409. The highest BCUT2D eigenvalue weighted by Gasteiger charge is 2.30. The quantitative estimate of drug-likeness (QED) is 0.843. The molecule has 27 heavy (non-hydrogen) atoms. The zero-order valence-electron chi connectivity index (χ0n) is 15.6. The number of carbonyl (C=O) groups excluding carboxylic acids is 1. The van der Waals surface area contributed by atoms with E-state index in [0.717, 1.165) is 19.3 Å². The van der Waals surface area contributed by atoms with Gasteiger partial charge in [-0.2, -0.15) is 0 Å². The van der Waals surface area contributed by atoms with Gasteiger partial charge in [0.1, 0.15) is 17.1 Å². The van der Waals surface area contributed by atoms with E-state index in [4.69, 9.17) is 4.74 Å². The Labute approximate surface area is 159 Å². The van der Waals surface area contributed by atoms with Crippen molar-refractivity contribution in [2.45, 2.75) is 31.8 Å². The minimum atomic E-state index is -0.565. The van der Waals surface area contributed by atoms with Gasteiger partial charge in [0.2, 0.25) is 0 Å². The number of benzene rings is 2. The molecular formula is C22H26FNO3. The molecule has 0 bridgehead atoms. The predicted octanol–water partition coefficient (Wildman–Crippen LogP) is 3.68. The molecule has 1 saturated heterocycles. The van der Waals surface area contributed by atoms with Crippen LogP contribution in [-0.4, -0.2) is 42.2 Å². The number of halogens is 1. The van der Waals surface area contributed by atoms with Crippen LogP contribution in [0.1, 0.15) is 35.2 Å². The molecule has 2 aromatic carbocycles. The number of aryl methyl sites for hydroxylation is 1. The number of hydrogen-bond donors (Lipinski definition) is 1. The first kappa shape index (κ1) is 19.4. The molecule has 5 heteroatoms. The molecule has 1 atom stereocenters. The Morgan fingerprint density at radius 1 is 1.19 bits per heavy atom. The second-order valence-corrected chi connectivity index (χ2v) is 7.04. The normalized spacial score (nSPS) is 16.2. The number of aliphatic hydroxyl groups is 1. The summed E-state index contributed by atoms with van der Waals surface area (Å²) < 4.78 is 19.3. The third-order valence-electron chi connectivity index (χ3n) is 5.35. The molecule has 1 heterocycles. The topological polar surface area (TPSA) is 49.8 Å². The molecule has 1 aliphatic rings. The summed E-state index contributed by atoms with van der Waals surface area (Å²) in [4.78, 5) is 14.4. The molecule has 0 radical (unpaired) electrons. The van der Waals surface area contributed by atoms with E-state index < -0.39 is 5.82 Å². The molecule has 0 spiro atoms. The van der Waals surface area contributed by atoms with Gasteiger partial charge in [0.15, 0.2) is 0 Å².